The predicted octanol–water partition coefficient (Wildman–Crippen LogP) is 3.81. The Morgan fingerprint density at radius 3 is 2.80 bits per heavy atom. The molecule has 0 aliphatic rings. The Bertz CT molecular complexity index is 499. The minimum Gasteiger partial charge on any atom is -0.236 e. The lowest BCUT2D eigenvalue weighted by atomic mass is 10.1. The van der Waals surface area contributed by atoms with Crippen LogP contribution in [0.4, 0.5) is 4.39 Å². The maximum Gasteiger partial charge on any atom is 0.133 e. The van der Waals surface area contributed by atoms with Gasteiger partial charge in [-0.1, -0.05) is 11.6 Å². The number of rotatable bonds is 2. The van der Waals surface area contributed by atoms with Crippen LogP contribution < -0.4 is 0 Å². The molecule has 1 aromatic heterocycles. The van der Waals surface area contributed by atoms with Gasteiger partial charge in [0.05, 0.1) is 5.52 Å². The maximum atomic E-state index is 12.9. The van der Waals surface area contributed by atoms with Crippen molar-refractivity contribution in [2.75, 3.05) is 5.88 Å². The maximum absolute atomic E-state index is 12.9. The molecule has 4 heteroatoms. The molecule has 0 spiro atoms. The van der Waals surface area contributed by atoms with Gasteiger partial charge in [-0.25, -0.2) is 9.37 Å². The predicted molar refractivity (Wildman–Crippen MR) is 61.1 cm³/mol. The number of halogens is 3. The van der Waals surface area contributed by atoms with E-state index in [1.165, 1.54) is 12.1 Å². The first-order valence-electron chi connectivity index (χ1n) is 4.51. The molecule has 1 heterocycles. The van der Waals surface area contributed by atoms with Crippen LogP contribution in [0.3, 0.4) is 0 Å². The van der Waals surface area contributed by atoms with E-state index >= 15 is 0 Å². The lowest BCUT2D eigenvalue weighted by Gasteiger charge is -2.04. The van der Waals surface area contributed by atoms with Crippen LogP contribution in [0, 0.1) is 5.82 Å². The van der Waals surface area contributed by atoms with Gasteiger partial charge in [-0.3, -0.25) is 0 Å². The van der Waals surface area contributed by atoms with Crippen molar-refractivity contribution in [3.63, 3.8) is 0 Å². The van der Waals surface area contributed by atoms with Crippen molar-refractivity contribution >= 4 is 34.1 Å². The Labute approximate surface area is 96.8 Å². The number of aromatic nitrogens is 1. The van der Waals surface area contributed by atoms with Crippen molar-refractivity contribution in [1.29, 1.82) is 0 Å². The highest BCUT2D eigenvalue weighted by Gasteiger charge is 2.05. The molecular formula is C11H8Cl2FN. The first kappa shape index (κ1) is 10.7. The van der Waals surface area contributed by atoms with Crippen LogP contribution in [-0.2, 0) is 6.42 Å². The van der Waals surface area contributed by atoms with Gasteiger partial charge >= 0.3 is 0 Å². The largest absolute Gasteiger partial charge is 0.236 e. The fourth-order valence-corrected chi connectivity index (χ4v) is 1.88. The Kier molecular flexibility index (Phi) is 3.08. The van der Waals surface area contributed by atoms with Crippen LogP contribution >= 0.6 is 23.2 Å². The van der Waals surface area contributed by atoms with Gasteiger partial charge in [0.15, 0.2) is 0 Å². The number of benzene rings is 1. The Balaban J connectivity index is 2.60. The van der Waals surface area contributed by atoms with Crippen LogP contribution in [0.2, 0.25) is 5.15 Å². The average molecular weight is 244 g/mol. The second kappa shape index (κ2) is 4.33. The number of aryl methyl sites for hydroxylation is 1. The van der Waals surface area contributed by atoms with E-state index in [-0.39, 0.29) is 5.82 Å². The molecule has 0 N–H and O–H groups in total. The molecule has 0 fully saturated rings. The van der Waals surface area contributed by atoms with E-state index in [9.17, 15) is 4.39 Å². The van der Waals surface area contributed by atoms with E-state index in [0.29, 0.717) is 23.0 Å². The number of fused-ring (bicyclic) bond motifs is 1. The molecule has 1 nitrogen and oxygen atoms in total. The molecule has 0 unspecified atom stereocenters. The monoisotopic (exact) mass is 243 g/mol. The quantitative estimate of drug-likeness (QED) is 0.578. The van der Waals surface area contributed by atoms with Gasteiger partial charge in [0.25, 0.3) is 0 Å². The summed E-state index contributed by atoms with van der Waals surface area (Å²) in [6.45, 7) is 0. The highest BCUT2D eigenvalue weighted by atomic mass is 35.5. The van der Waals surface area contributed by atoms with Crippen LogP contribution in [-0.4, -0.2) is 10.9 Å². The second-order valence-corrected chi connectivity index (χ2v) is 3.95. The number of nitrogens with zero attached hydrogens (tertiary/aromatic N) is 1. The van der Waals surface area contributed by atoms with E-state index in [2.05, 4.69) is 4.98 Å². The Morgan fingerprint density at radius 1 is 1.27 bits per heavy atom. The van der Waals surface area contributed by atoms with Crippen molar-refractivity contribution in [1.82, 2.24) is 4.98 Å². The Morgan fingerprint density at radius 2 is 2.07 bits per heavy atom. The zero-order chi connectivity index (χ0) is 10.8. The molecule has 0 saturated carbocycles. The van der Waals surface area contributed by atoms with E-state index in [1.807, 2.05) is 6.07 Å². The fraction of sp³-hybridized carbons (Fsp3) is 0.182. The molecule has 0 aliphatic heterocycles. The van der Waals surface area contributed by atoms with Gasteiger partial charge < -0.3 is 0 Å². The van der Waals surface area contributed by atoms with E-state index < -0.39 is 0 Å². The van der Waals surface area contributed by atoms with Crippen LogP contribution in [0.15, 0.2) is 24.3 Å². The van der Waals surface area contributed by atoms with Gasteiger partial charge in [0.2, 0.25) is 0 Å². The third kappa shape index (κ3) is 2.21. The van der Waals surface area contributed by atoms with Crippen LogP contribution in [0.5, 0.6) is 0 Å². The SMILES string of the molecule is Fc1ccc2cc(CCCl)c(Cl)nc2c1. The summed E-state index contributed by atoms with van der Waals surface area (Å²) in [7, 11) is 0. The third-order valence-corrected chi connectivity index (χ3v) is 2.69. The van der Waals surface area contributed by atoms with Gasteiger partial charge in [-0.15, -0.1) is 11.6 Å². The third-order valence-electron chi connectivity index (χ3n) is 2.17. The average Bonchev–Trinajstić information content (AvgIpc) is 2.20. The van der Waals surface area contributed by atoms with Crippen molar-refractivity contribution in [2.24, 2.45) is 0 Å². The smallest absolute Gasteiger partial charge is 0.133 e. The number of hydrogen-bond acceptors (Lipinski definition) is 1. The minimum atomic E-state index is -0.309. The van der Waals surface area contributed by atoms with E-state index in [1.54, 1.807) is 6.07 Å². The normalized spacial score (nSPS) is 10.9. The lowest BCUT2D eigenvalue weighted by molar-refractivity contribution is 0.629. The van der Waals surface area contributed by atoms with Crippen molar-refractivity contribution in [3.8, 4) is 0 Å². The van der Waals surface area contributed by atoms with Gasteiger partial charge in [-0.05, 0) is 30.2 Å². The lowest BCUT2D eigenvalue weighted by Crippen LogP contribution is -1.92. The molecule has 0 atom stereocenters. The molecular weight excluding hydrogens is 236 g/mol. The first-order valence-corrected chi connectivity index (χ1v) is 5.42. The van der Waals surface area contributed by atoms with Gasteiger partial charge in [0.1, 0.15) is 11.0 Å². The van der Waals surface area contributed by atoms with E-state index in [0.717, 1.165) is 10.9 Å². The van der Waals surface area contributed by atoms with Gasteiger partial charge in [0, 0.05) is 17.3 Å². The van der Waals surface area contributed by atoms with Gasteiger partial charge in [-0.2, -0.15) is 0 Å². The Hall–Kier alpha value is -0.860. The summed E-state index contributed by atoms with van der Waals surface area (Å²) >= 11 is 11.6. The number of alkyl halides is 1. The molecule has 2 rings (SSSR count). The van der Waals surface area contributed by atoms with Crippen LogP contribution in [0.1, 0.15) is 5.56 Å². The number of hydrogen-bond donors (Lipinski definition) is 0. The molecule has 15 heavy (non-hydrogen) atoms. The summed E-state index contributed by atoms with van der Waals surface area (Å²) in [5, 5.41) is 1.27. The highest BCUT2D eigenvalue weighted by Crippen LogP contribution is 2.21. The molecule has 0 aliphatic carbocycles. The summed E-state index contributed by atoms with van der Waals surface area (Å²) in [4.78, 5) is 4.12. The summed E-state index contributed by atoms with van der Waals surface area (Å²) in [5.74, 6) is 0.185. The molecule has 1 aromatic carbocycles. The standard InChI is InChI=1S/C11H8Cl2FN/c12-4-3-8-5-7-1-2-9(14)6-10(7)15-11(8)13/h1-2,5-6H,3-4H2. The van der Waals surface area contributed by atoms with Crippen LogP contribution in [0.25, 0.3) is 10.9 Å². The fourth-order valence-electron chi connectivity index (χ4n) is 1.44. The number of pyridine rings is 1. The van der Waals surface area contributed by atoms with Crippen molar-refractivity contribution < 1.29 is 4.39 Å². The zero-order valence-electron chi connectivity index (χ0n) is 7.80. The van der Waals surface area contributed by atoms with Crippen molar-refractivity contribution in [2.45, 2.75) is 6.42 Å². The zero-order valence-corrected chi connectivity index (χ0v) is 9.32. The highest BCUT2D eigenvalue weighted by molar-refractivity contribution is 6.30. The minimum absolute atomic E-state index is 0.309. The molecule has 2 aromatic rings. The summed E-state index contributed by atoms with van der Waals surface area (Å²) in [6.07, 6.45) is 0.667. The molecule has 0 saturated heterocycles. The second-order valence-electron chi connectivity index (χ2n) is 3.21. The summed E-state index contributed by atoms with van der Waals surface area (Å²) < 4.78 is 12.9. The van der Waals surface area contributed by atoms with E-state index in [4.69, 9.17) is 23.2 Å². The molecule has 0 bridgehead atoms. The molecule has 0 amide bonds. The molecule has 78 valence electrons. The summed E-state index contributed by atoms with van der Waals surface area (Å²) in [6, 6.07) is 6.35. The summed E-state index contributed by atoms with van der Waals surface area (Å²) in [5.41, 5.74) is 1.46. The molecule has 0 radical (unpaired) electrons. The van der Waals surface area contributed by atoms with Crippen molar-refractivity contribution in [3.05, 3.63) is 40.8 Å². The first-order chi connectivity index (χ1) is 7.20. The topological polar surface area (TPSA) is 12.9 Å².